The fraction of sp³-hybridized carbons (Fsp3) is 0.571. The van der Waals surface area contributed by atoms with E-state index < -0.39 is 10.0 Å². The Labute approximate surface area is 126 Å². The molecule has 0 saturated heterocycles. The van der Waals surface area contributed by atoms with Crippen LogP contribution < -0.4 is 15.2 Å². The van der Waals surface area contributed by atoms with Crippen molar-refractivity contribution in [3.8, 4) is 5.75 Å². The molecule has 0 atom stereocenters. The van der Waals surface area contributed by atoms with Crippen LogP contribution in [-0.2, 0) is 21.3 Å². The van der Waals surface area contributed by atoms with Crippen molar-refractivity contribution in [2.75, 3.05) is 26.9 Å². The van der Waals surface area contributed by atoms with Gasteiger partial charge in [0, 0.05) is 26.3 Å². The van der Waals surface area contributed by atoms with Gasteiger partial charge in [-0.2, -0.15) is 0 Å². The number of methoxy groups -OCH3 is 1. The SMILES string of the molecule is CCCOCCCNS(=O)(=O)c1ccc(CN)cc1OC. The average molecular weight is 316 g/mol. The number of sulfonamides is 1. The second kappa shape index (κ2) is 8.99. The molecule has 0 bridgehead atoms. The summed E-state index contributed by atoms with van der Waals surface area (Å²) < 4.78 is 37.5. The maximum atomic E-state index is 12.2. The van der Waals surface area contributed by atoms with Gasteiger partial charge in [-0.05, 0) is 30.5 Å². The summed E-state index contributed by atoms with van der Waals surface area (Å²) in [5.74, 6) is 0.299. The zero-order chi connectivity index (χ0) is 15.7. The van der Waals surface area contributed by atoms with Gasteiger partial charge < -0.3 is 15.2 Å². The predicted molar refractivity (Wildman–Crippen MR) is 81.8 cm³/mol. The molecule has 120 valence electrons. The molecule has 21 heavy (non-hydrogen) atoms. The van der Waals surface area contributed by atoms with Crippen molar-refractivity contribution in [3.05, 3.63) is 23.8 Å². The first kappa shape index (κ1) is 17.9. The molecule has 0 aliphatic heterocycles. The second-order valence-corrected chi connectivity index (χ2v) is 6.29. The Balaban J connectivity index is 2.65. The topological polar surface area (TPSA) is 90.7 Å². The fourth-order valence-corrected chi connectivity index (χ4v) is 2.99. The minimum absolute atomic E-state index is 0.122. The van der Waals surface area contributed by atoms with E-state index in [-0.39, 0.29) is 4.90 Å². The number of rotatable bonds is 10. The van der Waals surface area contributed by atoms with Crippen LogP contribution in [0, 0.1) is 0 Å². The summed E-state index contributed by atoms with van der Waals surface area (Å²) in [6.45, 7) is 3.92. The fourth-order valence-electron chi connectivity index (χ4n) is 1.77. The molecule has 7 heteroatoms. The zero-order valence-electron chi connectivity index (χ0n) is 12.6. The molecule has 0 spiro atoms. The van der Waals surface area contributed by atoms with Gasteiger partial charge in [-0.15, -0.1) is 0 Å². The number of ether oxygens (including phenoxy) is 2. The highest BCUT2D eigenvalue weighted by Gasteiger charge is 2.19. The maximum Gasteiger partial charge on any atom is 0.244 e. The van der Waals surface area contributed by atoms with Crippen molar-refractivity contribution >= 4 is 10.0 Å². The molecule has 6 nitrogen and oxygen atoms in total. The number of hydrogen-bond donors (Lipinski definition) is 2. The summed E-state index contributed by atoms with van der Waals surface area (Å²) in [4.78, 5) is 0.122. The van der Waals surface area contributed by atoms with E-state index in [1.807, 2.05) is 6.92 Å². The van der Waals surface area contributed by atoms with Crippen molar-refractivity contribution in [1.29, 1.82) is 0 Å². The third kappa shape index (κ3) is 5.62. The lowest BCUT2D eigenvalue weighted by atomic mass is 10.2. The van der Waals surface area contributed by atoms with E-state index in [9.17, 15) is 8.42 Å². The molecule has 0 aliphatic carbocycles. The van der Waals surface area contributed by atoms with Crippen molar-refractivity contribution in [3.63, 3.8) is 0 Å². The number of nitrogens with two attached hydrogens (primary N) is 1. The molecular weight excluding hydrogens is 292 g/mol. The summed E-state index contributed by atoms with van der Waals surface area (Å²) in [6.07, 6.45) is 1.58. The minimum Gasteiger partial charge on any atom is -0.495 e. The second-order valence-electron chi connectivity index (χ2n) is 4.55. The van der Waals surface area contributed by atoms with Crippen LogP contribution in [0.2, 0.25) is 0 Å². The highest BCUT2D eigenvalue weighted by molar-refractivity contribution is 7.89. The van der Waals surface area contributed by atoms with E-state index in [1.54, 1.807) is 12.1 Å². The lowest BCUT2D eigenvalue weighted by molar-refractivity contribution is 0.133. The Kier molecular flexibility index (Phi) is 7.66. The quantitative estimate of drug-likeness (QED) is 0.634. The van der Waals surface area contributed by atoms with E-state index in [4.69, 9.17) is 15.2 Å². The first-order chi connectivity index (χ1) is 10.0. The first-order valence-electron chi connectivity index (χ1n) is 6.99. The highest BCUT2D eigenvalue weighted by Crippen LogP contribution is 2.24. The van der Waals surface area contributed by atoms with Crippen LogP contribution in [0.25, 0.3) is 0 Å². The van der Waals surface area contributed by atoms with Crippen LogP contribution in [0.15, 0.2) is 23.1 Å². The Morgan fingerprint density at radius 1 is 1.29 bits per heavy atom. The molecule has 3 N–H and O–H groups in total. The lowest BCUT2D eigenvalue weighted by Gasteiger charge is -2.12. The van der Waals surface area contributed by atoms with Gasteiger partial charge in [0.2, 0.25) is 10.0 Å². The molecular formula is C14H24N2O4S. The van der Waals surface area contributed by atoms with E-state index in [0.717, 1.165) is 12.0 Å². The summed E-state index contributed by atoms with van der Waals surface area (Å²) >= 11 is 0. The Bertz CT molecular complexity index is 532. The van der Waals surface area contributed by atoms with E-state index >= 15 is 0 Å². The summed E-state index contributed by atoms with van der Waals surface area (Å²) in [6, 6.07) is 4.83. The van der Waals surface area contributed by atoms with Crippen LogP contribution in [0.5, 0.6) is 5.75 Å². The number of nitrogens with one attached hydrogen (secondary N) is 1. The van der Waals surface area contributed by atoms with E-state index in [1.165, 1.54) is 13.2 Å². The molecule has 1 aromatic rings. The monoisotopic (exact) mass is 316 g/mol. The molecule has 1 aromatic carbocycles. The third-order valence-electron chi connectivity index (χ3n) is 2.86. The first-order valence-corrected chi connectivity index (χ1v) is 8.47. The van der Waals surface area contributed by atoms with Crippen molar-refractivity contribution in [2.45, 2.75) is 31.2 Å². The Morgan fingerprint density at radius 3 is 2.67 bits per heavy atom. The number of hydrogen-bond acceptors (Lipinski definition) is 5. The van der Waals surface area contributed by atoms with Crippen LogP contribution in [0.3, 0.4) is 0 Å². The normalized spacial score (nSPS) is 11.6. The molecule has 0 aliphatic rings. The van der Waals surface area contributed by atoms with Crippen molar-refractivity contribution in [1.82, 2.24) is 4.72 Å². The van der Waals surface area contributed by atoms with Gasteiger partial charge in [0.05, 0.1) is 7.11 Å². The molecule has 0 saturated carbocycles. The smallest absolute Gasteiger partial charge is 0.244 e. The summed E-state index contributed by atoms with van der Waals surface area (Å²) in [7, 11) is -2.15. The zero-order valence-corrected chi connectivity index (χ0v) is 13.4. The largest absolute Gasteiger partial charge is 0.495 e. The minimum atomic E-state index is -3.59. The van der Waals surface area contributed by atoms with Gasteiger partial charge in [-0.25, -0.2) is 13.1 Å². The van der Waals surface area contributed by atoms with E-state index in [0.29, 0.717) is 38.5 Å². The van der Waals surface area contributed by atoms with Crippen molar-refractivity contribution in [2.24, 2.45) is 5.73 Å². The number of benzene rings is 1. The van der Waals surface area contributed by atoms with Gasteiger partial charge in [-0.1, -0.05) is 13.0 Å². The van der Waals surface area contributed by atoms with Gasteiger partial charge in [0.25, 0.3) is 0 Å². The molecule has 0 amide bonds. The third-order valence-corrected chi connectivity index (χ3v) is 4.36. The van der Waals surface area contributed by atoms with Crippen LogP contribution in [0.4, 0.5) is 0 Å². The average Bonchev–Trinajstić information content (AvgIpc) is 2.50. The standard InChI is InChI=1S/C14H24N2O4S/c1-3-8-20-9-4-7-16-21(17,18)14-6-5-12(11-15)10-13(14)19-2/h5-6,10,16H,3-4,7-9,11,15H2,1-2H3. The van der Waals surface area contributed by atoms with Gasteiger partial charge in [-0.3, -0.25) is 0 Å². The molecule has 0 heterocycles. The molecule has 0 radical (unpaired) electrons. The predicted octanol–water partition coefficient (Wildman–Crippen LogP) is 1.25. The molecule has 0 fully saturated rings. The highest BCUT2D eigenvalue weighted by atomic mass is 32.2. The summed E-state index contributed by atoms with van der Waals surface area (Å²) in [5.41, 5.74) is 6.35. The van der Waals surface area contributed by atoms with Crippen LogP contribution >= 0.6 is 0 Å². The molecule has 0 aromatic heterocycles. The van der Waals surface area contributed by atoms with Gasteiger partial charge in [0.15, 0.2) is 0 Å². The Morgan fingerprint density at radius 2 is 2.05 bits per heavy atom. The molecule has 1 rings (SSSR count). The summed E-state index contributed by atoms with van der Waals surface area (Å²) in [5, 5.41) is 0. The van der Waals surface area contributed by atoms with Crippen LogP contribution in [0.1, 0.15) is 25.3 Å². The van der Waals surface area contributed by atoms with Gasteiger partial charge >= 0.3 is 0 Å². The maximum absolute atomic E-state index is 12.2. The molecule has 0 unspecified atom stereocenters. The van der Waals surface area contributed by atoms with Gasteiger partial charge in [0.1, 0.15) is 10.6 Å². The Hall–Kier alpha value is -1.15. The van der Waals surface area contributed by atoms with E-state index in [2.05, 4.69) is 4.72 Å². The van der Waals surface area contributed by atoms with Crippen molar-refractivity contribution < 1.29 is 17.9 Å². The lowest BCUT2D eigenvalue weighted by Crippen LogP contribution is -2.26. The van der Waals surface area contributed by atoms with Crippen LogP contribution in [-0.4, -0.2) is 35.3 Å².